The Hall–Kier alpha value is -1.04. The monoisotopic (exact) mass is 214 g/mol. The van der Waals surface area contributed by atoms with Gasteiger partial charge in [0.1, 0.15) is 6.33 Å². The molecule has 1 rings (SSSR count). The van der Waals surface area contributed by atoms with E-state index in [2.05, 4.69) is 28.0 Å². The molecule has 0 saturated carbocycles. The van der Waals surface area contributed by atoms with Crippen LogP contribution in [-0.2, 0) is 18.3 Å². The van der Waals surface area contributed by atoms with E-state index in [4.69, 9.17) is 0 Å². The molecule has 0 aliphatic rings. The first kappa shape index (κ1) is 11.0. The van der Waals surface area contributed by atoms with Gasteiger partial charge in [-0.1, -0.05) is 0 Å². The van der Waals surface area contributed by atoms with Crippen molar-refractivity contribution in [3.05, 3.63) is 12.2 Å². The van der Waals surface area contributed by atoms with Crippen LogP contribution in [0, 0.1) is 0 Å². The molecule has 1 amide bonds. The van der Waals surface area contributed by atoms with Gasteiger partial charge in [0.15, 0.2) is 5.82 Å². The van der Waals surface area contributed by atoms with E-state index in [1.54, 1.807) is 11.0 Å². The van der Waals surface area contributed by atoms with Crippen LogP contribution in [0.2, 0.25) is 0 Å². The maximum Gasteiger partial charge on any atom is 0.220 e. The van der Waals surface area contributed by atoms with Crippen molar-refractivity contribution in [3.63, 3.8) is 0 Å². The molecular formula is C8H14N4OS. The maximum atomic E-state index is 11.0. The first-order chi connectivity index (χ1) is 6.72. The lowest BCUT2D eigenvalue weighted by atomic mass is 10.4. The lowest BCUT2D eigenvalue weighted by molar-refractivity contribution is -0.120. The van der Waals surface area contributed by atoms with E-state index in [0.717, 1.165) is 5.82 Å². The lowest BCUT2D eigenvalue weighted by Crippen LogP contribution is -2.26. The molecule has 1 heterocycles. The van der Waals surface area contributed by atoms with Crippen molar-refractivity contribution in [2.45, 2.75) is 12.8 Å². The normalized spacial score (nSPS) is 10.1. The fraction of sp³-hybridized carbons (Fsp3) is 0.625. The van der Waals surface area contributed by atoms with E-state index in [-0.39, 0.29) is 5.91 Å². The molecule has 0 fully saturated rings. The Labute approximate surface area is 88.3 Å². The summed E-state index contributed by atoms with van der Waals surface area (Å²) in [6.45, 7) is 0.580. The molecule has 1 aromatic heterocycles. The number of nitrogens with zero attached hydrogens (tertiary/aromatic N) is 3. The van der Waals surface area contributed by atoms with Crippen LogP contribution >= 0.6 is 12.6 Å². The molecule has 0 unspecified atom stereocenters. The summed E-state index contributed by atoms with van der Waals surface area (Å²) in [6.07, 6.45) is 2.77. The fourth-order valence-electron chi connectivity index (χ4n) is 1.00. The van der Waals surface area contributed by atoms with Gasteiger partial charge in [-0.3, -0.25) is 9.48 Å². The SMILES string of the molecule is Cn1cnc(CCNC(=O)CCS)n1. The molecule has 78 valence electrons. The van der Waals surface area contributed by atoms with Crippen LogP contribution in [-0.4, -0.2) is 33.0 Å². The van der Waals surface area contributed by atoms with Gasteiger partial charge in [0.05, 0.1) is 0 Å². The predicted molar refractivity (Wildman–Crippen MR) is 56.2 cm³/mol. The summed E-state index contributed by atoms with van der Waals surface area (Å²) in [5.41, 5.74) is 0. The Morgan fingerprint density at radius 2 is 2.50 bits per heavy atom. The number of hydrogen-bond donors (Lipinski definition) is 2. The molecule has 0 aliphatic heterocycles. The van der Waals surface area contributed by atoms with Crippen LogP contribution < -0.4 is 5.32 Å². The van der Waals surface area contributed by atoms with Crippen LogP contribution in [0.3, 0.4) is 0 Å². The molecule has 0 saturated heterocycles. The molecule has 0 atom stereocenters. The standard InChI is InChI=1S/C8H14N4OS/c1-12-6-10-7(11-12)2-4-9-8(13)3-5-14/h6,14H,2-5H2,1H3,(H,9,13). The molecule has 14 heavy (non-hydrogen) atoms. The zero-order chi connectivity index (χ0) is 10.4. The first-order valence-corrected chi connectivity index (χ1v) is 5.07. The lowest BCUT2D eigenvalue weighted by Gasteiger charge is -2.00. The third-order valence-corrected chi connectivity index (χ3v) is 1.88. The van der Waals surface area contributed by atoms with Crippen molar-refractivity contribution in [2.24, 2.45) is 7.05 Å². The van der Waals surface area contributed by atoms with Crippen molar-refractivity contribution < 1.29 is 4.79 Å². The smallest absolute Gasteiger partial charge is 0.220 e. The zero-order valence-corrected chi connectivity index (χ0v) is 9.00. The molecule has 0 spiro atoms. The second kappa shape index (κ2) is 5.64. The van der Waals surface area contributed by atoms with Gasteiger partial charge in [0.2, 0.25) is 5.91 Å². The number of rotatable bonds is 5. The minimum atomic E-state index is 0.0240. The third-order valence-electron chi connectivity index (χ3n) is 1.66. The number of hydrogen-bond acceptors (Lipinski definition) is 4. The van der Waals surface area contributed by atoms with Crippen LogP contribution in [0.25, 0.3) is 0 Å². The number of amides is 1. The van der Waals surface area contributed by atoms with Gasteiger partial charge < -0.3 is 5.32 Å². The highest BCUT2D eigenvalue weighted by atomic mass is 32.1. The van der Waals surface area contributed by atoms with Crippen LogP contribution in [0.15, 0.2) is 6.33 Å². The van der Waals surface area contributed by atoms with Gasteiger partial charge >= 0.3 is 0 Å². The van der Waals surface area contributed by atoms with Gasteiger partial charge in [0, 0.05) is 26.4 Å². The van der Waals surface area contributed by atoms with Crippen LogP contribution in [0.1, 0.15) is 12.2 Å². The number of carbonyl (C=O) groups is 1. The van der Waals surface area contributed by atoms with E-state index in [0.29, 0.717) is 25.1 Å². The molecule has 0 aromatic carbocycles. The number of aryl methyl sites for hydroxylation is 1. The molecule has 0 aliphatic carbocycles. The summed E-state index contributed by atoms with van der Waals surface area (Å²) in [5.74, 6) is 1.35. The van der Waals surface area contributed by atoms with Crippen molar-refractivity contribution in [2.75, 3.05) is 12.3 Å². The van der Waals surface area contributed by atoms with Crippen molar-refractivity contribution >= 4 is 18.5 Å². The minimum absolute atomic E-state index is 0.0240. The number of aromatic nitrogens is 3. The largest absolute Gasteiger partial charge is 0.356 e. The Balaban J connectivity index is 2.18. The fourth-order valence-corrected chi connectivity index (χ4v) is 1.21. The Morgan fingerprint density at radius 1 is 1.71 bits per heavy atom. The summed E-state index contributed by atoms with van der Waals surface area (Å²) in [6, 6.07) is 0. The highest BCUT2D eigenvalue weighted by Gasteiger charge is 2.01. The van der Waals surface area contributed by atoms with Crippen LogP contribution in [0.5, 0.6) is 0 Å². The Bertz CT molecular complexity index is 299. The van der Waals surface area contributed by atoms with E-state index < -0.39 is 0 Å². The van der Waals surface area contributed by atoms with E-state index in [1.807, 2.05) is 7.05 Å². The third kappa shape index (κ3) is 3.78. The van der Waals surface area contributed by atoms with Crippen molar-refractivity contribution in [1.29, 1.82) is 0 Å². The van der Waals surface area contributed by atoms with Gasteiger partial charge in [-0.2, -0.15) is 17.7 Å². The minimum Gasteiger partial charge on any atom is -0.356 e. The van der Waals surface area contributed by atoms with Crippen molar-refractivity contribution in [3.8, 4) is 0 Å². The second-order valence-corrected chi connectivity index (χ2v) is 3.36. The first-order valence-electron chi connectivity index (χ1n) is 4.44. The van der Waals surface area contributed by atoms with Gasteiger partial charge in [0.25, 0.3) is 0 Å². The molecule has 1 N–H and O–H groups in total. The highest BCUT2D eigenvalue weighted by molar-refractivity contribution is 7.80. The molecule has 1 aromatic rings. The van der Waals surface area contributed by atoms with Gasteiger partial charge in [-0.15, -0.1) is 0 Å². The quantitative estimate of drug-likeness (QED) is 0.667. The van der Waals surface area contributed by atoms with Crippen molar-refractivity contribution in [1.82, 2.24) is 20.1 Å². The molecule has 0 bridgehead atoms. The highest BCUT2D eigenvalue weighted by Crippen LogP contribution is 1.89. The summed E-state index contributed by atoms with van der Waals surface area (Å²) in [5, 5.41) is 6.86. The molecule has 5 nitrogen and oxygen atoms in total. The topological polar surface area (TPSA) is 59.8 Å². The summed E-state index contributed by atoms with van der Waals surface area (Å²) in [7, 11) is 1.82. The van der Waals surface area contributed by atoms with Gasteiger partial charge in [-0.25, -0.2) is 4.98 Å². The number of carbonyl (C=O) groups excluding carboxylic acids is 1. The summed E-state index contributed by atoms with van der Waals surface area (Å²) in [4.78, 5) is 15.1. The van der Waals surface area contributed by atoms with E-state index >= 15 is 0 Å². The second-order valence-electron chi connectivity index (χ2n) is 2.91. The van der Waals surface area contributed by atoms with E-state index in [1.165, 1.54) is 0 Å². The molecular weight excluding hydrogens is 200 g/mol. The average Bonchev–Trinajstić information content (AvgIpc) is 2.52. The van der Waals surface area contributed by atoms with E-state index in [9.17, 15) is 4.79 Å². The molecule has 6 heteroatoms. The average molecular weight is 214 g/mol. The predicted octanol–water partition coefficient (Wildman–Crippen LogP) is -0.206. The zero-order valence-electron chi connectivity index (χ0n) is 8.10. The summed E-state index contributed by atoms with van der Waals surface area (Å²) >= 11 is 3.97. The molecule has 0 radical (unpaired) electrons. The van der Waals surface area contributed by atoms with Gasteiger partial charge in [-0.05, 0) is 5.75 Å². The number of thiol groups is 1. The maximum absolute atomic E-state index is 11.0. The van der Waals surface area contributed by atoms with Crippen LogP contribution in [0.4, 0.5) is 0 Å². The summed E-state index contributed by atoms with van der Waals surface area (Å²) < 4.78 is 1.64. The number of nitrogens with one attached hydrogen (secondary N) is 1. The Morgan fingerprint density at radius 3 is 3.07 bits per heavy atom. The Kier molecular flexibility index (Phi) is 4.45.